The fourth-order valence-electron chi connectivity index (χ4n) is 1.19. The van der Waals surface area contributed by atoms with Gasteiger partial charge in [0, 0.05) is 12.2 Å². The first-order valence-electron chi connectivity index (χ1n) is 4.57. The number of hydrogen-bond donors (Lipinski definition) is 2. The van der Waals surface area contributed by atoms with E-state index in [1.807, 2.05) is 13.8 Å². The van der Waals surface area contributed by atoms with E-state index in [1.165, 1.54) is 0 Å². The van der Waals surface area contributed by atoms with E-state index in [1.54, 1.807) is 18.3 Å². The van der Waals surface area contributed by atoms with Gasteiger partial charge in [0.1, 0.15) is 5.15 Å². The van der Waals surface area contributed by atoms with Crippen LogP contribution in [-0.2, 0) is 0 Å². The van der Waals surface area contributed by atoms with E-state index in [0.29, 0.717) is 10.7 Å². The number of nitrogens with two attached hydrogens (primary N) is 1. The lowest BCUT2D eigenvalue weighted by Crippen LogP contribution is -2.33. The molecule has 4 heteroatoms. The van der Waals surface area contributed by atoms with E-state index in [4.69, 9.17) is 17.3 Å². The van der Waals surface area contributed by atoms with Crippen molar-refractivity contribution in [2.45, 2.75) is 26.0 Å². The molecule has 1 rings (SSSR count). The van der Waals surface area contributed by atoms with E-state index in [-0.39, 0.29) is 12.0 Å². The van der Waals surface area contributed by atoms with Gasteiger partial charge in [-0.3, -0.25) is 0 Å². The summed E-state index contributed by atoms with van der Waals surface area (Å²) in [6, 6.07) is 3.07. The van der Waals surface area contributed by atoms with Crippen molar-refractivity contribution < 1.29 is 5.11 Å². The Morgan fingerprint density at radius 1 is 1.50 bits per heavy atom. The molecule has 78 valence electrons. The summed E-state index contributed by atoms with van der Waals surface area (Å²) in [5.41, 5.74) is 6.54. The Morgan fingerprint density at radius 3 is 2.64 bits per heavy atom. The maximum Gasteiger partial charge on any atom is 0.129 e. The minimum absolute atomic E-state index is 0.219. The molecule has 1 aromatic heterocycles. The van der Waals surface area contributed by atoms with Gasteiger partial charge in [-0.15, -0.1) is 0 Å². The zero-order chi connectivity index (χ0) is 10.7. The van der Waals surface area contributed by atoms with Crippen molar-refractivity contribution in [3.8, 4) is 0 Å². The molecular weight excluding hydrogens is 200 g/mol. The normalized spacial score (nSPS) is 15.6. The third-order valence-corrected chi connectivity index (χ3v) is 2.43. The SMILES string of the molecule is CC(C)C(N)C(O)c1ccnc(Cl)c1. The molecule has 2 unspecified atom stereocenters. The average molecular weight is 215 g/mol. The van der Waals surface area contributed by atoms with Crippen LogP contribution in [0, 0.1) is 5.92 Å². The maximum atomic E-state index is 9.87. The molecule has 1 aromatic rings. The zero-order valence-electron chi connectivity index (χ0n) is 8.31. The average Bonchev–Trinajstić information content (AvgIpc) is 2.15. The molecule has 0 spiro atoms. The van der Waals surface area contributed by atoms with E-state index < -0.39 is 6.10 Å². The maximum absolute atomic E-state index is 9.87. The smallest absolute Gasteiger partial charge is 0.129 e. The quantitative estimate of drug-likeness (QED) is 0.754. The van der Waals surface area contributed by atoms with Crippen LogP contribution in [0.3, 0.4) is 0 Å². The van der Waals surface area contributed by atoms with Crippen LogP contribution in [0.2, 0.25) is 5.15 Å². The molecule has 0 amide bonds. The minimum atomic E-state index is -0.685. The van der Waals surface area contributed by atoms with Gasteiger partial charge in [-0.05, 0) is 23.6 Å². The Balaban J connectivity index is 2.83. The Morgan fingerprint density at radius 2 is 2.14 bits per heavy atom. The number of halogens is 1. The summed E-state index contributed by atoms with van der Waals surface area (Å²) in [6.45, 7) is 3.94. The lowest BCUT2D eigenvalue weighted by atomic mass is 9.95. The molecular formula is C10H15ClN2O. The first kappa shape index (κ1) is 11.4. The Hall–Kier alpha value is -0.640. The summed E-state index contributed by atoms with van der Waals surface area (Å²) in [6.07, 6.45) is 0.879. The van der Waals surface area contributed by atoms with Crippen molar-refractivity contribution in [3.63, 3.8) is 0 Å². The predicted octanol–water partition coefficient (Wildman–Crippen LogP) is 1.75. The van der Waals surface area contributed by atoms with Crippen molar-refractivity contribution in [2.24, 2.45) is 11.7 Å². The number of rotatable bonds is 3. The topological polar surface area (TPSA) is 59.1 Å². The van der Waals surface area contributed by atoms with Crippen molar-refractivity contribution in [3.05, 3.63) is 29.0 Å². The molecule has 0 aliphatic rings. The fraction of sp³-hybridized carbons (Fsp3) is 0.500. The molecule has 0 fully saturated rings. The van der Waals surface area contributed by atoms with Gasteiger partial charge in [0.05, 0.1) is 6.10 Å². The standard InChI is InChI=1S/C10H15ClN2O/c1-6(2)9(12)10(14)7-3-4-13-8(11)5-7/h3-6,9-10,14H,12H2,1-2H3. The van der Waals surface area contributed by atoms with Crippen molar-refractivity contribution in [1.82, 2.24) is 4.98 Å². The summed E-state index contributed by atoms with van der Waals surface area (Å²) in [7, 11) is 0. The van der Waals surface area contributed by atoms with Gasteiger partial charge in [0.15, 0.2) is 0 Å². The molecule has 0 saturated heterocycles. The third-order valence-electron chi connectivity index (χ3n) is 2.23. The van der Waals surface area contributed by atoms with Gasteiger partial charge in [-0.1, -0.05) is 25.4 Å². The van der Waals surface area contributed by atoms with Gasteiger partial charge in [-0.25, -0.2) is 4.98 Å². The Bertz CT molecular complexity index is 304. The van der Waals surface area contributed by atoms with Crippen molar-refractivity contribution in [2.75, 3.05) is 0 Å². The summed E-state index contributed by atoms with van der Waals surface area (Å²) in [5, 5.41) is 10.2. The van der Waals surface area contributed by atoms with Crippen LogP contribution < -0.4 is 5.73 Å². The molecule has 1 heterocycles. The van der Waals surface area contributed by atoms with Crippen LogP contribution in [0.25, 0.3) is 0 Å². The molecule has 3 N–H and O–H groups in total. The molecule has 3 nitrogen and oxygen atoms in total. The number of pyridine rings is 1. The van der Waals surface area contributed by atoms with Gasteiger partial charge in [0.2, 0.25) is 0 Å². The van der Waals surface area contributed by atoms with Crippen LogP contribution in [-0.4, -0.2) is 16.1 Å². The Labute approximate surface area is 88.9 Å². The molecule has 0 saturated carbocycles. The summed E-state index contributed by atoms with van der Waals surface area (Å²) in [5.74, 6) is 0.219. The highest BCUT2D eigenvalue weighted by Crippen LogP contribution is 2.21. The lowest BCUT2D eigenvalue weighted by molar-refractivity contribution is 0.125. The van der Waals surface area contributed by atoms with Gasteiger partial charge < -0.3 is 10.8 Å². The van der Waals surface area contributed by atoms with E-state index in [9.17, 15) is 5.11 Å². The first-order valence-corrected chi connectivity index (χ1v) is 4.95. The minimum Gasteiger partial charge on any atom is -0.387 e. The zero-order valence-corrected chi connectivity index (χ0v) is 9.07. The summed E-state index contributed by atoms with van der Waals surface area (Å²) in [4.78, 5) is 3.84. The molecule has 0 aliphatic carbocycles. The van der Waals surface area contributed by atoms with Crippen molar-refractivity contribution >= 4 is 11.6 Å². The summed E-state index contributed by atoms with van der Waals surface area (Å²) < 4.78 is 0. The number of hydrogen-bond acceptors (Lipinski definition) is 3. The van der Waals surface area contributed by atoms with Gasteiger partial charge in [-0.2, -0.15) is 0 Å². The van der Waals surface area contributed by atoms with Gasteiger partial charge in [0.25, 0.3) is 0 Å². The van der Waals surface area contributed by atoms with Crippen LogP contribution >= 0.6 is 11.6 Å². The van der Waals surface area contributed by atoms with Gasteiger partial charge >= 0.3 is 0 Å². The molecule has 2 atom stereocenters. The predicted molar refractivity (Wildman–Crippen MR) is 57.0 cm³/mol. The molecule has 0 aliphatic heterocycles. The van der Waals surface area contributed by atoms with E-state index >= 15 is 0 Å². The lowest BCUT2D eigenvalue weighted by Gasteiger charge is -2.22. The number of aliphatic hydroxyl groups excluding tert-OH is 1. The number of nitrogens with zero attached hydrogens (tertiary/aromatic N) is 1. The fourth-order valence-corrected chi connectivity index (χ4v) is 1.37. The molecule has 0 radical (unpaired) electrons. The highest BCUT2D eigenvalue weighted by Gasteiger charge is 2.19. The second kappa shape index (κ2) is 4.73. The third kappa shape index (κ3) is 2.67. The summed E-state index contributed by atoms with van der Waals surface area (Å²) >= 11 is 5.71. The highest BCUT2D eigenvalue weighted by molar-refractivity contribution is 6.29. The highest BCUT2D eigenvalue weighted by atomic mass is 35.5. The van der Waals surface area contributed by atoms with E-state index in [0.717, 1.165) is 0 Å². The number of aliphatic hydroxyl groups is 1. The van der Waals surface area contributed by atoms with Crippen molar-refractivity contribution in [1.29, 1.82) is 0 Å². The first-order chi connectivity index (χ1) is 6.52. The van der Waals surface area contributed by atoms with Crippen LogP contribution in [0.4, 0.5) is 0 Å². The van der Waals surface area contributed by atoms with Crippen LogP contribution in [0.15, 0.2) is 18.3 Å². The number of aromatic nitrogens is 1. The molecule has 14 heavy (non-hydrogen) atoms. The largest absolute Gasteiger partial charge is 0.387 e. The van der Waals surface area contributed by atoms with Crippen LogP contribution in [0.1, 0.15) is 25.5 Å². The van der Waals surface area contributed by atoms with Crippen LogP contribution in [0.5, 0.6) is 0 Å². The second-order valence-electron chi connectivity index (χ2n) is 3.68. The second-order valence-corrected chi connectivity index (χ2v) is 4.07. The Kier molecular flexibility index (Phi) is 3.86. The molecule has 0 aromatic carbocycles. The molecule has 0 bridgehead atoms. The monoisotopic (exact) mass is 214 g/mol. The van der Waals surface area contributed by atoms with E-state index in [2.05, 4.69) is 4.98 Å².